The first-order valence-corrected chi connectivity index (χ1v) is 8.10. The molecule has 2 aliphatic rings. The number of ether oxygens (including phenoxy) is 1. The second-order valence-electron chi connectivity index (χ2n) is 6.64. The predicted octanol–water partition coefficient (Wildman–Crippen LogP) is 0.785. The van der Waals surface area contributed by atoms with Crippen LogP contribution in [0.1, 0.15) is 24.8 Å². The Labute approximate surface area is 131 Å². The molecule has 0 aromatic carbocycles. The first-order chi connectivity index (χ1) is 10.6. The van der Waals surface area contributed by atoms with Gasteiger partial charge < -0.3 is 15.0 Å². The van der Waals surface area contributed by atoms with E-state index in [-0.39, 0.29) is 11.3 Å². The standard InChI is InChI=1S/C16H26N4O2/c1-19-11-13(10-18-19)12-20(7-8-22-2)15(21)14-9-16(14)3-5-17-6-4-16/h10-11,14,17H,3-9,12H2,1-2H3/t14-/m1/s1. The van der Waals surface area contributed by atoms with Crippen LogP contribution in [0.5, 0.6) is 0 Å². The molecule has 1 aliphatic carbocycles. The van der Waals surface area contributed by atoms with Gasteiger partial charge in [-0.05, 0) is 37.8 Å². The molecule has 0 radical (unpaired) electrons. The highest BCUT2D eigenvalue weighted by Crippen LogP contribution is 2.59. The van der Waals surface area contributed by atoms with E-state index >= 15 is 0 Å². The number of aryl methyl sites for hydroxylation is 1. The molecular formula is C16H26N4O2. The number of nitrogens with one attached hydrogen (secondary N) is 1. The van der Waals surface area contributed by atoms with Crippen molar-refractivity contribution in [1.29, 1.82) is 0 Å². The van der Waals surface area contributed by atoms with Gasteiger partial charge in [0.15, 0.2) is 0 Å². The molecule has 1 N–H and O–H groups in total. The van der Waals surface area contributed by atoms with E-state index in [0.29, 0.717) is 25.6 Å². The van der Waals surface area contributed by atoms with Crippen molar-refractivity contribution in [2.45, 2.75) is 25.8 Å². The monoisotopic (exact) mass is 306 g/mol. The number of hydrogen-bond donors (Lipinski definition) is 1. The Morgan fingerprint density at radius 3 is 2.95 bits per heavy atom. The van der Waals surface area contributed by atoms with E-state index in [9.17, 15) is 4.79 Å². The highest BCUT2D eigenvalue weighted by molar-refractivity contribution is 5.82. The fourth-order valence-electron chi connectivity index (χ4n) is 3.64. The lowest BCUT2D eigenvalue weighted by atomic mass is 9.91. The Morgan fingerprint density at radius 2 is 2.32 bits per heavy atom. The maximum Gasteiger partial charge on any atom is 0.226 e. The van der Waals surface area contributed by atoms with Gasteiger partial charge in [-0.2, -0.15) is 5.10 Å². The minimum absolute atomic E-state index is 0.211. The third-order valence-corrected chi connectivity index (χ3v) is 5.10. The molecule has 2 heterocycles. The van der Waals surface area contributed by atoms with Crippen molar-refractivity contribution in [2.75, 3.05) is 33.4 Å². The zero-order valence-corrected chi connectivity index (χ0v) is 13.5. The molecule has 6 heteroatoms. The minimum atomic E-state index is 0.211. The van der Waals surface area contributed by atoms with Gasteiger partial charge in [0.1, 0.15) is 0 Å². The highest BCUT2D eigenvalue weighted by atomic mass is 16.5. The van der Waals surface area contributed by atoms with E-state index in [2.05, 4.69) is 10.4 Å². The molecule has 3 rings (SSSR count). The summed E-state index contributed by atoms with van der Waals surface area (Å²) >= 11 is 0. The third kappa shape index (κ3) is 3.17. The average Bonchev–Trinajstić information content (AvgIpc) is 3.04. The molecule has 2 fully saturated rings. The van der Waals surface area contributed by atoms with Crippen LogP contribution in [-0.2, 0) is 23.1 Å². The molecule has 1 amide bonds. The van der Waals surface area contributed by atoms with E-state index in [4.69, 9.17) is 4.74 Å². The van der Waals surface area contributed by atoms with Crippen LogP contribution in [0, 0.1) is 11.3 Å². The van der Waals surface area contributed by atoms with Crippen molar-refractivity contribution in [3.8, 4) is 0 Å². The zero-order chi connectivity index (χ0) is 15.6. The summed E-state index contributed by atoms with van der Waals surface area (Å²) < 4.78 is 6.96. The lowest BCUT2D eigenvalue weighted by Crippen LogP contribution is -2.37. The van der Waals surface area contributed by atoms with Crippen molar-refractivity contribution in [2.24, 2.45) is 18.4 Å². The molecule has 0 bridgehead atoms. The Hall–Kier alpha value is -1.40. The van der Waals surface area contributed by atoms with Crippen LogP contribution < -0.4 is 5.32 Å². The summed E-state index contributed by atoms with van der Waals surface area (Å²) in [7, 11) is 3.58. The van der Waals surface area contributed by atoms with Gasteiger partial charge in [0.25, 0.3) is 0 Å². The largest absolute Gasteiger partial charge is 0.383 e. The molecule has 1 aromatic rings. The Balaban J connectivity index is 1.65. The summed E-state index contributed by atoms with van der Waals surface area (Å²) in [6.45, 7) is 3.94. The van der Waals surface area contributed by atoms with Crippen LogP contribution in [0.2, 0.25) is 0 Å². The average molecular weight is 306 g/mol. The molecule has 22 heavy (non-hydrogen) atoms. The van der Waals surface area contributed by atoms with Gasteiger partial charge in [-0.1, -0.05) is 0 Å². The van der Waals surface area contributed by atoms with Crippen molar-refractivity contribution in [3.05, 3.63) is 18.0 Å². The van der Waals surface area contributed by atoms with Crippen LogP contribution in [0.3, 0.4) is 0 Å². The summed E-state index contributed by atoms with van der Waals surface area (Å²) in [6.07, 6.45) is 7.13. The van der Waals surface area contributed by atoms with E-state index in [1.54, 1.807) is 11.8 Å². The SMILES string of the molecule is COCCN(Cc1cnn(C)c1)C(=O)[C@H]1CC12CCNCC2. The summed E-state index contributed by atoms with van der Waals surface area (Å²) in [5, 5.41) is 7.58. The van der Waals surface area contributed by atoms with Gasteiger partial charge >= 0.3 is 0 Å². The molecule has 122 valence electrons. The summed E-state index contributed by atoms with van der Waals surface area (Å²) in [5.74, 6) is 0.505. The lowest BCUT2D eigenvalue weighted by Gasteiger charge is -2.26. The second kappa shape index (κ2) is 6.38. The number of rotatable bonds is 6. The Morgan fingerprint density at radius 1 is 1.55 bits per heavy atom. The molecule has 1 spiro atoms. The smallest absolute Gasteiger partial charge is 0.226 e. The van der Waals surface area contributed by atoms with Gasteiger partial charge in [0.2, 0.25) is 5.91 Å². The third-order valence-electron chi connectivity index (χ3n) is 5.10. The zero-order valence-electron chi connectivity index (χ0n) is 13.5. The quantitative estimate of drug-likeness (QED) is 0.844. The van der Waals surface area contributed by atoms with E-state index in [1.807, 2.05) is 24.3 Å². The van der Waals surface area contributed by atoms with Gasteiger partial charge in [-0.25, -0.2) is 0 Å². The lowest BCUT2D eigenvalue weighted by molar-refractivity contribution is -0.135. The summed E-state index contributed by atoms with van der Waals surface area (Å²) in [5.41, 5.74) is 1.36. The summed E-state index contributed by atoms with van der Waals surface area (Å²) in [6, 6.07) is 0. The van der Waals surface area contributed by atoms with Crippen LogP contribution in [0.25, 0.3) is 0 Å². The van der Waals surface area contributed by atoms with Crippen LogP contribution in [0.4, 0.5) is 0 Å². The number of aromatic nitrogens is 2. The molecular weight excluding hydrogens is 280 g/mol. The van der Waals surface area contributed by atoms with Crippen molar-refractivity contribution in [3.63, 3.8) is 0 Å². The topological polar surface area (TPSA) is 59.4 Å². The molecule has 1 aliphatic heterocycles. The van der Waals surface area contributed by atoms with Crippen molar-refractivity contribution < 1.29 is 9.53 Å². The number of nitrogens with zero attached hydrogens (tertiary/aromatic N) is 3. The number of hydrogen-bond acceptors (Lipinski definition) is 4. The van der Waals surface area contributed by atoms with Crippen molar-refractivity contribution in [1.82, 2.24) is 20.0 Å². The van der Waals surface area contributed by atoms with Crippen LogP contribution >= 0.6 is 0 Å². The van der Waals surface area contributed by atoms with Gasteiger partial charge in [0.05, 0.1) is 12.8 Å². The number of piperidine rings is 1. The second-order valence-corrected chi connectivity index (χ2v) is 6.64. The maximum atomic E-state index is 12.9. The summed E-state index contributed by atoms with van der Waals surface area (Å²) in [4.78, 5) is 14.9. The van der Waals surface area contributed by atoms with Gasteiger partial charge in [0, 0.05) is 44.9 Å². The first kappa shape index (κ1) is 15.5. The molecule has 1 aromatic heterocycles. The van der Waals surface area contributed by atoms with E-state index in [0.717, 1.165) is 37.9 Å². The van der Waals surface area contributed by atoms with Crippen LogP contribution in [0.15, 0.2) is 12.4 Å². The number of carbonyl (C=O) groups excluding carboxylic acids is 1. The molecule has 1 saturated carbocycles. The first-order valence-electron chi connectivity index (χ1n) is 8.10. The van der Waals surface area contributed by atoms with Crippen LogP contribution in [-0.4, -0.2) is 53.9 Å². The predicted molar refractivity (Wildman–Crippen MR) is 83.1 cm³/mol. The van der Waals surface area contributed by atoms with Gasteiger partial charge in [-0.15, -0.1) is 0 Å². The number of methoxy groups -OCH3 is 1. The fraction of sp³-hybridized carbons (Fsp3) is 0.750. The highest BCUT2D eigenvalue weighted by Gasteiger charge is 2.58. The molecule has 6 nitrogen and oxygen atoms in total. The van der Waals surface area contributed by atoms with E-state index in [1.165, 1.54) is 0 Å². The Bertz CT molecular complexity index is 522. The number of carbonyl (C=O) groups is 1. The molecule has 0 unspecified atom stereocenters. The van der Waals surface area contributed by atoms with E-state index < -0.39 is 0 Å². The normalized spacial score (nSPS) is 22.7. The number of amides is 1. The van der Waals surface area contributed by atoms with Gasteiger partial charge in [-0.3, -0.25) is 9.48 Å². The Kier molecular flexibility index (Phi) is 4.49. The minimum Gasteiger partial charge on any atom is -0.383 e. The maximum absolute atomic E-state index is 12.9. The molecule has 1 saturated heterocycles. The fourth-order valence-corrected chi connectivity index (χ4v) is 3.64. The molecule has 1 atom stereocenters. The van der Waals surface area contributed by atoms with Crippen molar-refractivity contribution >= 4 is 5.91 Å².